The van der Waals surface area contributed by atoms with Gasteiger partial charge < -0.3 is 9.73 Å². The average Bonchev–Trinajstić information content (AvgIpc) is 3.50. The number of carbonyl (C=O) groups excluding carboxylic acids is 2. The molecule has 37 heavy (non-hydrogen) atoms. The third-order valence-corrected chi connectivity index (χ3v) is 5.61. The molecule has 4 rings (SSSR count). The summed E-state index contributed by atoms with van der Waals surface area (Å²) in [6, 6.07) is 13.7. The summed E-state index contributed by atoms with van der Waals surface area (Å²) in [4.78, 5) is 34.3. The van der Waals surface area contributed by atoms with Crippen molar-refractivity contribution in [3.63, 3.8) is 0 Å². The lowest BCUT2D eigenvalue weighted by molar-refractivity contribution is -0.128. The third kappa shape index (κ3) is 6.27. The monoisotopic (exact) mass is 501 g/mol. The number of furan rings is 1. The van der Waals surface area contributed by atoms with E-state index in [0.29, 0.717) is 22.8 Å². The van der Waals surface area contributed by atoms with Crippen LogP contribution in [-0.2, 0) is 22.6 Å². The zero-order chi connectivity index (χ0) is 26.6. The van der Waals surface area contributed by atoms with Crippen LogP contribution in [0.2, 0.25) is 0 Å². The first-order valence-electron chi connectivity index (χ1n) is 12.1. The van der Waals surface area contributed by atoms with E-state index in [4.69, 9.17) is 4.42 Å². The molecule has 0 fully saturated rings. The lowest BCUT2D eigenvalue weighted by Crippen LogP contribution is -2.50. The second-order valence-corrected chi connectivity index (χ2v) is 9.76. The van der Waals surface area contributed by atoms with Gasteiger partial charge in [-0.2, -0.15) is 4.80 Å². The van der Waals surface area contributed by atoms with Crippen LogP contribution >= 0.6 is 0 Å². The minimum atomic E-state index is -0.946. The number of carbonyl (C=O) groups is 2. The standard InChI is InChI=1S/C27H31N7O3/c1-6-19-8-10-21(11-9-19)34(24(20-13-15-28-16-14-20)26(36)29-27(3,4)5)23(35)17-33-31-25(30-32-33)22-12-7-18(2)37-22/h7-16,24H,6,17H2,1-5H3,(H,29,36). The van der Waals surface area contributed by atoms with Crippen molar-refractivity contribution in [2.45, 2.75) is 59.2 Å². The number of benzene rings is 1. The quantitative estimate of drug-likeness (QED) is 0.389. The number of hydrogen-bond acceptors (Lipinski definition) is 7. The van der Waals surface area contributed by atoms with Crippen LogP contribution in [0, 0.1) is 6.92 Å². The molecule has 2 amide bonds. The molecule has 0 aliphatic carbocycles. The molecule has 10 heteroatoms. The molecule has 0 radical (unpaired) electrons. The summed E-state index contributed by atoms with van der Waals surface area (Å²) >= 11 is 0. The Bertz CT molecular complexity index is 1350. The van der Waals surface area contributed by atoms with Crippen LogP contribution < -0.4 is 10.2 Å². The summed E-state index contributed by atoms with van der Waals surface area (Å²) in [5.74, 6) is 0.757. The average molecular weight is 502 g/mol. The first-order chi connectivity index (χ1) is 17.6. The van der Waals surface area contributed by atoms with Gasteiger partial charge in [-0.25, -0.2) is 0 Å². The van der Waals surface area contributed by atoms with E-state index in [9.17, 15) is 9.59 Å². The number of anilines is 1. The molecule has 4 aromatic rings. The number of amides is 2. The van der Waals surface area contributed by atoms with Gasteiger partial charge in [0.25, 0.3) is 5.91 Å². The number of nitrogens with one attached hydrogen (secondary N) is 1. The highest BCUT2D eigenvalue weighted by Crippen LogP contribution is 2.29. The summed E-state index contributed by atoms with van der Waals surface area (Å²) < 4.78 is 5.57. The number of tetrazole rings is 1. The Morgan fingerprint density at radius 3 is 2.35 bits per heavy atom. The van der Waals surface area contributed by atoms with Crippen molar-refractivity contribution >= 4 is 17.5 Å². The van der Waals surface area contributed by atoms with E-state index < -0.39 is 11.6 Å². The summed E-state index contributed by atoms with van der Waals surface area (Å²) in [6.45, 7) is 9.34. The predicted octanol–water partition coefficient (Wildman–Crippen LogP) is 3.89. The van der Waals surface area contributed by atoms with Crippen LogP contribution in [0.1, 0.15) is 50.6 Å². The van der Waals surface area contributed by atoms with Gasteiger partial charge >= 0.3 is 0 Å². The summed E-state index contributed by atoms with van der Waals surface area (Å²) in [5, 5.41) is 15.4. The van der Waals surface area contributed by atoms with E-state index in [0.717, 1.165) is 12.0 Å². The molecular formula is C27H31N7O3. The highest BCUT2D eigenvalue weighted by Gasteiger charge is 2.35. The number of nitrogens with zero attached hydrogens (tertiary/aromatic N) is 6. The number of aryl methyl sites for hydroxylation is 2. The number of rotatable bonds is 8. The molecule has 1 N–H and O–H groups in total. The van der Waals surface area contributed by atoms with Crippen LogP contribution in [0.15, 0.2) is 65.3 Å². The summed E-state index contributed by atoms with van der Waals surface area (Å²) in [5.41, 5.74) is 1.82. The van der Waals surface area contributed by atoms with E-state index in [1.165, 1.54) is 9.70 Å². The second-order valence-electron chi connectivity index (χ2n) is 9.76. The molecule has 0 aliphatic rings. The largest absolute Gasteiger partial charge is 0.458 e. The Morgan fingerprint density at radius 1 is 1.05 bits per heavy atom. The van der Waals surface area contributed by atoms with Crippen molar-refractivity contribution in [2.75, 3.05) is 4.90 Å². The van der Waals surface area contributed by atoms with Crippen LogP contribution in [0.4, 0.5) is 5.69 Å². The minimum Gasteiger partial charge on any atom is -0.458 e. The maximum absolute atomic E-state index is 13.9. The predicted molar refractivity (Wildman–Crippen MR) is 138 cm³/mol. The molecule has 10 nitrogen and oxygen atoms in total. The van der Waals surface area contributed by atoms with Crippen LogP contribution in [0.25, 0.3) is 11.6 Å². The second kappa shape index (κ2) is 10.7. The first kappa shape index (κ1) is 25.7. The van der Waals surface area contributed by atoms with Crippen molar-refractivity contribution in [3.8, 4) is 11.6 Å². The van der Waals surface area contributed by atoms with Crippen molar-refractivity contribution in [1.29, 1.82) is 0 Å². The van der Waals surface area contributed by atoms with Gasteiger partial charge in [0.15, 0.2) is 5.76 Å². The zero-order valence-corrected chi connectivity index (χ0v) is 21.7. The van der Waals surface area contributed by atoms with Gasteiger partial charge in [-0.05, 0) is 86.9 Å². The fourth-order valence-corrected chi connectivity index (χ4v) is 3.89. The highest BCUT2D eigenvalue weighted by atomic mass is 16.3. The Balaban J connectivity index is 1.73. The van der Waals surface area contributed by atoms with Crippen molar-refractivity contribution in [3.05, 3.63) is 77.8 Å². The highest BCUT2D eigenvalue weighted by molar-refractivity contribution is 6.01. The molecule has 0 saturated heterocycles. The van der Waals surface area contributed by atoms with Gasteiger partial charge in [-0.1, -0.05) is 19.1 Å². The Labute approximate surface area is 215 Å². The van der Waals surface area contributed by atoms with Gasteiger partial charge in [-0.15, -0.1) is 10.2 Å². The van der Waals surface area contributed by atoms with E-state index in [1.54, 1.807) is 36.7 Å². The van der Waals surface area contributed by atoms with Gasteiger partial charge in [0.1, 0.15) is 18.3 Å². The maximum atomic E-state index is 13.9. The smallest absolute Gasteiger partial charge is 0.251 e. The molecule has 0 saturated carbocycles. The van der Waals surface area contributed by atoms with Crippen LogP contribution in [-0.4, -0.2) is 42.5 Å². The fourth-order valence-electron chi connectivity index (χ4n) is 3.89. The Kier molecular flexibility index (Phi) is 7.47. The maximum Gasteiger partial charge on any atom is 0.251 e. The van der Waals surface area contributed by atoms with Crippen LogP contribution in [0.5, 0.6) is 0 Å². The van der Waals surface area contributed by atoms with Gasteiger partial charge in [-0.3, -0.25) is 19.5 Å². The molecule has 0 bridgehead atoms. The Morgan fingerprint density at radius 2 is 1.76 bits per heavy atom. The van der Waals surface area contributed by atoms with Gasteiger partial charge in [0.2, 0.25) is 11.7 Å². The third-order valence-electron chi connectivity index (χ3n) is 5.61. The Hall–Kier alpha value is -4.34. The SMILES string of the molecule is CCc1ccc(N(C(=O)Cn2nnc(-c3ccc(C)o3)n2)C(C(=O)NC(C)(C)C)c2ccncc2)cc1. The molecule has 1 unspecified atom stereocenters. The number of pyridine rings is 1. The number of hydrogen-bond donors (Lipinski definition) is 1. The molecular weight excluding hydrogens is 470 g/mol. The minimum absolute atomic E-state index is 0.230. The van der Waals surface area contributed by atoms with Gasteiger partial charge in [0, 0.05) is 23.6 Å². The van der Waals surface area contributed by atoms with Crippen molar-refractivity contribution in [1.82, 2.24) is 30.5 Å². The van der Waals surface area contributed by atoms with E-state index in [2.05, 4.69) is 32.6 Å². The fraction of sp³-hybridized carbons (Fsp3) is 0.333. The van der Waals surface area contributed by atoms with Crippen molar-refractivity contribution < 1.29 is 14.0 Å². The molecule has 3 heterocycles. The van der Waals surface area contributed by atoms with Crippen LogP contribution in [0.3, 0.4) is 0 Å². The molecule has 0 aliphatic heterocycles. The normalized spacial score (nSPS) is 12.2. The van der Waals surface area contributed by atoms with Crippen molar-refractivity contribution in [2.24, 2.45) is 0 Å². The first-order valence-corrected chi connectivity index (χ1v) is 12.1. The van der Waals surface area contributed by atoms with E-state index in [1.807, 2.05) is 52.0 Å². The molecule has 3 aromatic heterocycles. The molecule has 0 spiro atoms. The molecule has 192 valence electrons. The molecule has 1 atom stereocenters. The lowest BCUT2D eigenvalue weighted by atomic mass is 10.0. The molecule has 1 aromatic carbocycles. The lowest BCUT2D eigenvalue weighted by Gasteiger charge is -2.33. The topological polar surface area (TPSA) is 119 Å². The van der Waals surface area contributed by atoms with E-state index >= 15 is 0 Å². The van der Waals surface area contributed by atoms with Gasteiger partial charge in [0.05, 0.1) is 0 Å². The summed E-state index contributed by atoms with van der Waals surface area (Å²) in [7, 11) is 0. The van der Waals surface area contributed by atoms with E-state index in [-0.39, 0.29) is 24.2 Å². The zero-order valence-electron chi connectivity index (χ0n) is 21.7. The number of aromatic nitrogens is 5. The summed E-state index contributed by atoms with van der Waals surface area (Å²) in [6.07, 6.45) is 4.06.